The van der Waals surface area contributed by atoms with Crippen molar-refractivity contribution in [3.63, 3.8) is 0 Å². The van der Waals surface area contributed by atoms with Crippen LogP contribution in [0.4, 0.5) is 0 Å². The van der Waals surface area contributed by atoms with Crippen molar-refractivity contribution in [2.24, 2.45) is 5.41 Å². The van der Waals surface area contributed by atoms with Crippen LogP contribution in [0, 0.1) is 5.41 Å². The topological polar surface area (TPSA) is 41.6 Å². The Balaban J connectivity index is 1.89. The van der Waals surface area contributed by atoms with Crippen LogP contribution in [0.5, 0.6) is 0 Å². The third kappa shape index (κ3) is 9.73. The summed E-state index contributed by atoms with van der Waals surface area (Å²) in [6, 6.07) is 20.5. The van der Waals surface area contributed by atoms with Crippen LogP contribution in [-0.4, -0.2) is 23.1 Å². The molecule has 0 unspecified atom stereocenters. The standard InChI is InChI=1S/C25H36N2O2/c1-24(2,3)20-25(4,5)26-23(28)16-17-29-27(18-21-12-8-6-9-13-21)19-22-14-10-7-11-15-22/h6-15H,16-20H2,1-5H3,(H,26,28). The van der Waals surface area contributed by atoms with Crippen molar-refractivity contribution in [1.29, 1.82) is 0 Å². The second kappa shape index (κ2) is 10.6. The van der Waals surface area contributed by atoms with Gasteiger partial charge in [-0.25, -0.2) is 0 Å². The number of hydroxylamine groups is 2. The zero-order valence-corrected chi connectivity index (χ0v) is 18.6. The Morgan fingerprint density at radius 3 is 1.79 bits per heavy atom. The number of benzene rings is 2. The number of rotatable bonds is 10. The molecule has 2 rings (SSSR count). The lowest BCUT2D eigenvalue weighted by Gasteiger charge is -2.33. The highest BCUT2D eigenvalue weighted by Gasteiger charge is 2.26. The molecule has 0 heterocycles. The number of nitrogens with one attached hydrogen (secondary N) is 1. The molecule has 0 aliphatic rings. The molecule has 0 spiro atoms. The molecule has 1 amide bonds. The van der Waals surface area contributed by atoms with Crippen molar-refractivity contribution in [2.75, 3.05) is 6.61 Å². The fourth-order valence-electron chi connectivity index (χ4n) is 3.80. The van der Waals surface area contributed by atoms with Gasteiger partial charge in [0.2, 0.25) is 5.91 Å². The molecule has 0 saturated heterocycles. The molecule has 158 valence electrons. The number of carbonyl (C=O) groups is 1. The predicted molar refractivity (Wildman–Crippen MR) is 119 cm³/mol. The monoisotopic (exact) mass is 396 g/mol. The zero-order chi connectivity index (χ0) is 21.3. The Bertz CT molecular complexity index is 695. The van der Waals surface area contributed by atoms with Crippen molar-refractivity contribution >= 4 is 5.91 Å². The number of hydrogen-bond acceptors (Lipinski definition) is 3. The molecule has 2 aromatic carbocycles. The van der Waals surface area contributed by atoms with Gasteiger partial charge in [0.25, 0.3) is 0 Å². The largest absolute Gasteiger partial charge is 0.351 e. The van der Waals surface area contributed by atoms with Gasteiger partial charge in [0.05, 0.1) is 13.0 Å². The van der Waals surface area contributed by atoms with Gasteiger partial charge < -0.3 is 5.32 Å². The van der Waals surface area contributed by atoms with Gasteiger partial charge in [0, 0.05) is 18.6 Å². The Morgan fingerprint density at radius 1 is 0.862 bits per heavy atom. The van der Waals surface area contributed by atoms with E-state index in [-0.39, 0.29) is 16.9 Å². The van der Waals surface area contributed by atoms with Crippen LogP contribution in [0.3, 0.4) is 0 Å². The fraction of sp³-hybridized carbons (Fsp3) is 0.480. The van der Waals surface area contributed by atoms with Gasteiger partial charge in [-0.05, 0) is 36.8 Å². The lowest BCUT2D eigenvalue weighted by molar-refractivity contribution is -0.176. The van der Waals surface area contributed by atoms with Gasteiger partial charge in [-0.3, -0.25) is 9.63 Å². The molecule has 4 nitrogen and oxygen atoms in total. The molecule has 2 aromatic rings. The molecule has 0 aliphatic carbocycles. The van der Waals surface area contributed by atoms with E-state index in [1.165, 1.54) is 11.1 Å². The second-order valence-corrected chi connectivity index (χ2v) is 9.52. The summed E-state index contributed by atoms with van der Waals surface area (Å²) >= 11 is 0. The van der Waals surface area contributed by atoms with Crippen LogP contribution >= 0.6 is 0 Å². The van der Waals surface area contributed by atoms with Gasteiger partial charge >= 0.3 is 0 Å². The first-order chi connectivity index (χ1) is 13.6. The number of hydrogen-bond donors (Lipinski definition) is 1. The van der Waals surface area contributed by atoms with E-state index in [4.69, 9.17) is 4.84 Å². The molecule has 1 N–H and O–H groups in total. The van der Waals surface area contributed by atoms with Gasteiger partial charge in [-0.1, -0.05) is 81.4 Å². The Kier molecular flexibility index (Phi) is 8.42. The van der Waals surface area contributed by atoms with Crippen molar-refractivity contribution in [2.45, 2.75) is 66.1 Å². The molecule has 29 heavy (non-hydrogen) atoms. The first-order valence-electron chi connectivity index (χ1n) is 10.4. The molecular weight excluding hydrogens is 360 g/mol. The van der Waals surface area contributed by atoms with E-state index in [1.54, 1.807) is 0 Å². The Labute approximate surface area is 176 Å². The summed E-state index contributed by atoms with van der Waals surface area (Å²) in [5, 5.41) is 5.08. The van der Waals surface area contributed by atoms with E-state index in [2.05, 4.69) is 64.2 Å². The summed E-state index contributed by atoms with van der Waals surface area (Å²) in [4.78, 5) is 18.4. The highest BCUT2D eigenvalue weighted by Crippen LogP contribution is 2.26. The first kappa shape index (κ1) is 23.1. The Morgan fingerprint density at radius 2 is 1.34 bits per heavy atom. The molecular formula is C25H36N2O2. The summed E-state index contributed by atoms with van der Waals surface area (Å²) in [6.07, 6.45) is 1.26. The van der Waals surface area contributed by atoms with Crippen LogP contribution in [0.1, 0.15) is 58.6 Å². The SMILES string of the molecule is CC(C)(C)CC(C)(C)NC(=O)CCON(Cc1ccccc1)Cc1ccccc1. The fourth-order valence-corrected chi connectivity index (χ4v) is 3.80. The molecule has 0 saturated carbocycles. The maximum atomic E-state index is 12.4. The minimum absolute atomic E-state index is 0.0265. The minimum Gasteiger partial charge on any atom is -0.351 e. The number of nitrogens with zero attached hydrogens (tertiary/aromatic N) is 1. The van der Waals surface area contributed by atoms with Crippen molar-refractivity contribution in [3.05, 3.63) is 71.8 Å². The van der Waals surface area contributed by atoms with E-state index in [9.17, 15) is 4.79 Å². The van der Waals surface area contributed by atoms with E-state index in [0.717, 1.165) is 6.42 Å². The smallest absolute Gasteiger partial charge is 0.222 e. The van der Waals surface area contributed by atoms with E-state index < -0.39 is 0 Å². The quantitative estimate of drug-likeness (QED) is 0.551. The third-order valence-corrected chi connectivity index (χ3v) is 4.46. The molecule has 0 bridgehead atoms. The zero-order valence-electron chi connectivity index (χ0n) is 18.6. The van der Waals surface area contributed by atoms with Crippen molar-refractivity contribution in [3.8, 4) is 0 Å². The van der Waals surface area contributed by atoms with Gasteiger partial charge in [0.1, 0.15) is 0 Å². The predicted octanol–water partition coefficient (Wildman–Crippen LogP) is 5.34. The molecule has 0 atom stereocenters. The number of amides is 1. The summed E-state index contributed by atoms with van der Waals surface area (Å²) < 4.78 is 0. The third-order valence-electron chi connectivity index (χ3n) is 4.46. The summed E-state index contributed by atoms with van der Waals surface area (Å²) in [6.45, 7) is 12.4. The van der Waals surface area contributed by atoms with Crippen LogP contribution in [0.2, 0.25) is 0 Å². The number of carbonyl (C=O) groups excluding carboxylic acids is 1. The molecule has 0 aliphatic heterocycles. The van der Waals surface area contributed by atoms with Gasteiger partial charge in [-0.2, -0.15) is 5.06 Å². The van der Waals surface area contributed by atoms with Crippen LogP contribution in [-0.2, 0) is 22.7 Å². The van der Waals surface area contributed by atoms with E-state index in [1.807, 2.05) is 41.5 Å². The average molecular weight is 397 g/mol. The lowest BCUT2D eigenvalue weighted by Crippen LogP contribution is -2.46. The van der Waals surface area contributed by atoms with Crippen LogP contribution < -0.4 is 5.32 Å². The summed E-state index contributed by atoms with van der Waals surface area (Å²) in [7, 11) is 0. The lowest BCUT2D eigenvalue weighted by atomic mass is 9.82. The normalized spacial score (nSPS) is 12.2. The Hall–Kier alpha value is -2.17. The van der Waals surface area contributed by atoms with Crippen LogP contribution in [0.15, 0.2) is 60.7 Å². The van der Waals surface area contributed by atoms with Crippen molar-refractivity contribution < 1.29 is 9.63 Å². The first-order valence-corrected chi connectivity index (χ1v) is 10.4. The maximum absolute atomic E-state index is 12.4. The molecule has 0 fully saturated rings. The highest BCUT2D eigenvalue weighted by molar-refractivity contribution is 5.76. The maximum Gasteiger partial charge on any atom is 0.222 e. The average Bonchev–Trinajstić information content (AvgIpc) is 2.60. The van der Waals surface area contributed by atoms with Gasteiger partial charge in [-0.15, -0.1) is 0 Å². The van der Waals surface area contributed by atoms with Gasteiger partial charge in [0.15, 0.2) is 0 Å². The summed E-state index contributed by atoms with van der Waals surface area (Å²) in [5.74, 6) is 0.0265. The minimum atomic E-state index is -0.233. The highest BCUT2D eigenvalue weighted by atomic mass is 16.7. The van der Waals surface area contributed by atoms with E-state index in [0.29, 0.717) is 26.1 Å². The van der Waals surface area contributed by atoms with Crippen LogP contribution in [0.25, 0.3) is 0 Å². The molecule has 4 heteroatoms. The molecule has 0 radical (unpaired) electrons. The van der Waals surface area contributed by atoms with E-state index >= 15 is 0 Å². The molecule has 0 aromatic heterocycles. The second-order valence-electron chi connectivity index (χ2n) is 9.52. The summed E-state index contributed by atoms with van der Waals surface area (Å²) in [5.41, 5.74) is 2.29. The van der Waals surface area contributed by atoms with Crippen molar-refractivity contribution in [1.82, 2.24) is 10.4 Å².